The van der Waals surface area contributed by atoms with Crippen LogP contribution in [0.3, 0.4) is 0 Å². The fourth-order valence-corrected chi connectivity index (χ4v) is 1.25. The first kappa shape index (κ1) is 10.4. The molecule has 0 radical (unpaired) electrons. The van der Waals surface area contributed by atoms with Gasteiger partial charge in [0.2, 0.25) is 5.95 Å². The van der Waals surface area contributed by atoms with Gasteiger partial charge in [0.25, 0.3) is 0 Å². The summed E-state index contributed by atoms with van der Waals surface area (Å²) in [6.07, 6.45) is 2.92. The van der Waals surface area contributed by atoms with Crippen LogP contribution in [0.4, 0.5) is 5.95 Å². The fourth-order valence-electron chi connectivity index (χ4n) is 1.25. The van der Waals surface area contributed by atoms with E-state index in [1.165, 1.54) is 12.7 Å². The summed E-state index contributed by atoms with van der Waals surface area (Å²) >= 11 is 0. The van der Waals surface area contributed by atoms with E-state index in [0.29, 0.717) is 12.5 Å². The first-order valence-electron chi connectivity index (χ1n) is 4.87. The molecule has 5 nitrogen and oxygen atoms in total. The highest BCUT2D eigenvalue weighted by Crippen LogP contribution is 2.11. The molecule has 0 fully saturated rings. The summed E-state index contributed by atoms with van der Waals surface area (Å²) in [6.45, 7) is 0.675. The van der Waals surface area contributed by atoms with Crippen molar-refractivity contribution < 1.29 is 4.74 Å². The molecule has 0 amide bonds. The van der Waals surface area contributed by atoms with Crippen molar-refractivity contribution in [3.05, 3.63) is 42.5 Å². The smallest absolute Gasteiger partial charge is 0.225 e. The van der Waals surface area contributed by atoms with Crippen LogP contribution < -0.4 is 10.1 Å². The van der Waals surface area contributed by atoms with E-state index in [-0.39, 0.29) is 0 Å². The molecule has 0 saturated carbocycles. The predicted molar refractivity (Wildman–Crippen MR) is 60.1 cm³/mol. The van der Waals surface area contributed by atoms with Crippen LogP contribution in [0.25, 0.3) is 0 Å². The standard InChI is InChI=1S/C11H12N4O/c1-16-10-4-2-9(3-5-10)6-13-11-14-7-12-8-15-11/h2-5,7-8H,6H2,1H3,(H,12,13,14,15). The van der Waals surface area contributed by atoms with Crippen molar-refractivity contribution in [3.63, 3.8) is 0 Å². The largest absolute Gasteiger partial charge is 0.497 e. The van der Waals surface area contributed by atoms with Crippen molar-refractivity contribution in [2.24, 2.45) is 0 Å². The normalized spacial score (nSPS) is 9.81. The molecule has 1 N–H and O–H groups in total. The lowest BCUT2D eigenvalue weighted by Crippen LogP contribution is -2.03. The maximum Gasteiger partial charge on any atom is 0.225 e. The van der Waals surface area contributed by atoms with E-state index < -0.39 is 0 Å². The molecule has 0 spiro atoms. The summed E-state index contributed by atoms with van der Waals surface area (Å²) in [5.74, 6) is 1.43. The number of hydrogen-bond acceptors (Lipinski definition) is 5. The van der Waals surface area contributed by atoms with Gasteiger partial charge in [-0.05, 0) is 17.7 Å². The number of hydrogen-bond donors (Lipinski definition) is 1. The van der Waals surface area contributed by atoms with Gasteiger partial charge in [-0.15, -0.1) is 0 Å². The van der Waals surface area contributed by atoms with Crippen LogP contribution in [-0.4, -0.2) is 22.1 Å². The number of ether oxygens (including phenoxy) is 1. The molecule has 1 aromatic carbocycles. The molecular formula is C11H12N4O. The average molecular weight is 216 g/mol. The van der Waals surface area contributed by atoms with Gasteiger partial charge in [-0.25, -0.2) is 15.0 Å². The second kappa shape index (κ2) is 5.06. The highest BCUT2D eigenvalue weighted by Gasteiger charge is 1.96. The molecule has 82 valence electrons. The number of aromatic nitrogens is 3. The summed E-state index contributed by atoms with van der Waals surface area (Å²) in [6, 6.07) is 7.83. The molecular weight excluding hydrogens is 204 g/mol. The van der Waals surface area contributed by atoms with E-state index in [9.17, 15) is 0 Å². The third-order valence-electron chi connectivity index (χ3n) is 2.10. The quantitative estimate of drug-likeness (QED) is 0.839. The van der Waals surface area contributed by atoms with Crippen LogP contribution in [0, 0.1) is 0 Å². The Labute approximate surface area is 93.5 Å². The van der Waals surface area contributed by atoms with E-state index in [1.807, 2.05) is 24.3 Å². The summed E-state index contributed by atoms with van der Waals surface area (Å²) in [5, 5.41) is 3.10. The molecule has 0 atom stereocenters. The minimum absolute atomic E-state index is 0.575. The molecule has 0 bridgehead atoms. The molecule has 0 unspecified atom stereocenters. The number of anilines is 1. The van der Waals surface area contributed by atoms with Crippen molar-refractivity contribution in [2.45, 2.75) is 6.54 Å². The summed E-state index contributed by atoms with van der Waals surface area (Å²) in [5.41, 5.74) is 1.14. The molecule has 0 aliphatic heterocycles. The summed E-state index contributed by atoms with van der Waals surface area (Å²) in [7, 11) is 1.65. The minimum atomic E-state index is 0.575. The Morgan fingerprint density at radius 3 is 2.44 bits per heavy atom. The lowest BCUT2D eigenvalue weighted by atomic mass is 10.2. The molecule has 16 heavy (non-hydrogen) atoms. The third kappa shape index (κ3) is 2.66. The van der Waals surface area contributed by atoms with E-state index in [1.54, 1.807) is 7.11 Å². The van der Waals surface area contributed by atoms with E-state index in [2.05, 4.69) is 20.3 Å². The topological polar surface area (TPSA) is 59.9 Å². The van der Waals surface area contributed by atoms with Gasteiger partial charge in [-0.1, -0.05) is 12.1 Å². The van der Waals surface area contributed by atoms with Gasteiger partial charge >= 0.3 is 0 Å². The third-order valence-corrected chi connectivity index (χ3v) is 2.10. The second-order valence-electron chi connectivity index (χ2n) is 3.16. The van der Waals surface area contributed by atoms with Gasteiger partial charge < -0.3 is 10.1 Å². The lowest BCUT2D eigenvalue weighted by Gasteiger charge is -2.05. The van der Waals surface area contributed by atoms with Crippen molar-refractivity contribution >= 4 is 5.95 Å². The van der Waals surface area contributed by atoms with Crippen LogP contribution >= 0.6 is 0 Å². The number of nitrogens with zero attached hydrogens (tertiary/aromatic N) is 3. The number of rotatable bonds is 4. The zero-order chi connectivity index (χ0) is 11.2. The number of nitrogens with one attached hydrogen (secondary N) is 1. The number of methoxy groups -OCH3 is 1. The highest BCUT2D eigenvalue weighted by atomic mass is 16.5. The summed E-state index contributed by atoms with van der Waals surface area (Å²) in [4.78, 5) is 11.7. The van der Waals surface area contributed by atoms with Gasteiger partial charge in [0, 0.05) is 6.54 Å². The maximum atomic E-state index is 5.08. The van der Waals surface area contributed by atoms with Crippen molar-refractivity contribution in [1.29, 1.82) is 0 Å². The molecule has 1 heterocycles. The number of benzene rings is 1. The first-order chi connectivity index (χ1) is 7.88. The zero-order valence-electron chi connectivity index (χ0n) is 8.92. The zero-order valence-corrected chi connectivity index (χ0v) is 8.92. The van der Waals surface area contributed by atoms with Gasteiger partial charge in [0.1, 0.15) is 18.4 Å². The molecule has 5 heteroatoms. The van der Waals surface area contributed by atoms with Gasteiger partial charge in [0.05, 0.1) is 7.11 Å². The Kier molecular flexibility index (Phi) is 3.28. The minimum Gasteiger partial charge on any atom is -0.497 e. The van der Waals surface area contributed by atoms with Gasteiger partial charge in [-0.2, -0.15) is 0 Å². The first-order valence-corrected chi connectivity index (χ1v) is 4.87. The van der Waals surface area contributed by atoms with E-state index >= 15 is 0 Å². The Hall–Kier alpha value is -2.17. The van der Waals surface area contributed by atoms with Crippen molar-refractivity contribution in [1.82, 2.24) is 15.0 Å². The maximum absolute atomic E-state index is 5.08. The molecule has 0 saturated heterocycles. The van der Waals surface area contributed by atoms with Crippen molar-refractivity contribution in [3.8, 4) is 5.75 Å². The van der Waals surface area contributed by atoms with Crippen LogP contribution in [0.15, 0.2) is 36.9 Å². The Morgan fingerprint density at radius 1 is 1.12 bits per heavy atom. The second-order valence-corrected chi connectivity index (χ2v) is 3.16. The summed E-state index contributed by atoms with van der Waals surface area (Å²) < 4.78 is 5.08. The van der Waals surface area contributed by atoms with Gasteiger partial charge in [0.15, 0.2) is 0 Å². The fraction of sp³-hybridized carbons (Fsp3) is 0.182. The van der Waals surface area contributed by atoms with Crippen LogP contribution in [0.1, 0.15) is 5.56 Å². The van der Waals surface area contributed by atoms with Crippen LogP contribution in [-0.2, 0) is 6.54 Å². The van der Waals surface area contributed by atoms with Gasteiger partial charge in [-0.3, -0.25) is 0 Å². The van der Waals surface area contributed by atoms with Crippen LogP contribution in [0.2, 0.25) is 0 Å². The lowest BCUT2D eigenvalue weighted by molar-refractivity contribution is 0.414. The van der Waals surface area contributed by atoms with E-state index in [4.69, 9.17) is 4.74 Å². The SMILES string of the molecule is COc1ccc(CNc2ncncn2)cc1. The monoisotopic (exact) mass is 216 g/mol. The average Bonchev–Trinajstić information content (AvgIpc) is 2.38. The molecule has 0 aliphatic rings. The van der Waals surface area contributed by atoms with Crippen LogP contribution in [0.5, 0.6) is 5.75 Å². The Morgan fingerprint density at radius 2 is 1.81 bits per heavy atom. The molecule has 1 aromatic heterocycles. The predicted octanol–water partition coefficient (Wildman–Crippen LogP) is 1.49. The Balaban J connectivity index is 1.94. The molecule has 0 aliphatic carbocycles. The Bertz CT molecular complexity index is 429. The van der Waals surface area contributed by atoms with E-state index in [0.717, 1.165) is 11.3 Å². The van der Waals surface area contributed by atoms with Crippen molar-refractivity contribution in [2.75, 3.05) is 12.4 Å². The molecule has 2 rings (SSSR count). The molecule has 2 aromatic rings. The highest BCUT2D eigenvalue weighted by molar-refractivity contribution is 5.30.